The van der Waals surface area contributed by atoms with Gasteiger partial charge in [-0.15, -0.1) is 23.7 Å². The molecule has 0 aliphatic carbocycles. The zero-order chi connectivity index (χ0) is 16.9. The van der Waals surface area contributed by atoms with Crippen molar-refractivity contribution in [1.82, 2.24) is 14.8 Å². The normalized spacial score (nSPS) is 16.7. The first-order valence-electron chi connectivity index (χ1n) is 7.61. The Morgan fingerprint density at radius 3 is 2.50 bits per heavy atom. The maximum atomic E-state index is 12.4. The van der Waals surface area contributed by atoms with E-state index >= 15 is 0 Å². The molecule has 1 aromatic rings. The number of halogens is 1. The first kappa shape index (κ1) is 21.8. The van der Waals surface area contributed by atoms with Crippen LogP contribution in [-0.2, 0) is 26.5 Å². The molecule has 0 aromatic carbocycles. The lowest BCUT2D eigenvalue weighted by molar-refractivity contribution is 0.427. The molecule has 0 saturated carbocycles. The van der Waals surface area contributed by atoms with E-state index in [0.29, 0.717) is 6.42 Å². The summed E-state index contributed by atoms with van der Waals surface area (Å²) >= 11 is 1.19. The van der Waals surface area contributed by atoms with Crippen LogP contribution in [-0.4, -0.2) is 48.3 Å². The van der Waals surface area contributed by atoms with E-state index < -0.39 is 20.0 Å². The summed E-state index contributed by atoms with van der Waals surface area (Å²) in [6.45, 7) is 3.49. The summed E-state index contributed by atoms with van der Waals surface area (Å²) in [6.07, 6.45) is 2.05. The van der Waals surface area contributed by atoms with E-state index in [1.165, 1.54) is 11.3 Å². The highest BCUT2D eigenvalue weighted by Gasteiger charge is 2.23. The van der Waals surface area contributed by atoms with Crippen LogP contribution >= 0.6 is 23.7 Å². The van der Waals surface area contributed by atoms with E-state index in [1.807, 2.05) is 0 Å². The standard InChI is InChI=1S/C13H23N3O4S3.ClH/c1-2-22(17,18)15-10-7-12-3-4-13(21-12)23(19,20)16-11-5-8-14-9-6-11;/h3-4,11,14-16H,2,5-10H2,1H3;1H. The number of nitrogens with one attached hydrogen (secondary N) is 3. The molecule has 3 N–H and O–H groups in total. The van der Waals surface area contributed by atoms with Gasteiger partial charge in [0.05, 0.1) is 5.75 Å². The summed E-state index contributed by atoms with van der Waals surface area (Å²) in [5.41, 5.74) is 0. The van der Waals surface area contributed by atoms with Crippen molar-refractivity contribution in [3.8, 4) is 0 Å². The third kappa shape index (κ3) is 6.58. The van der Waals surface area contributed by atoms with Crippen molar-refractivity contribution in [2.45, 2.75) is 36.4 Å². The summed E-state index contributed by atoms with van der Waals surface area (Å²) in [4.78, 5) is 0.842. The predicted molar refractivity (Wildman–Crippen MR) is 98.9 cm³/mol. The van der Waals surface area contributed by atoms with Gasteiger partial charge in [-0.1, -0.05) is 0 Å². The summed E-state index contributed by atoms with van der Waals surface area (Å²) < 4.78 is 52.9. The van der Waals surface area contributed by atoms with Gasteiger partial charge in [0.1, 0.15) is 4.21 Å². The Morgan fingerprint density at radius 2 is 1.88 bits per heavy atom. The zero-order valence-electron chi connectivity index (χ0n) is 13.4. The summed E-state index contributed by atoms with van der Waals surface area (Å²) in [6, 6.07) is 3.29. The molecule has 24 heavy (non-hydrogen) atoms. The molecule has 2 heterocycles. The number of thiophene rings is 1. The lowest BCUT2D eigenvalue weighted by Crippen LogP contribution is -2.42. The van der Waals surface area contributed by atoms with Crippen LogP contribution in [0.25, 0.3) is 0 Å². The minimum Gasteiger partial charge on any atom is -0.317 e. The van der Waals surface area contributed by atoms with Gasteiger partial charge >= 0.3 is 0 Å². The number of piperidine rings is 1. The molecule has 2 rings (SSSR count). The molecule has 11 heteroatoms. The van der Waals surface area contributed by atoms with E-state index in [-0.39, 0.29) is 35.0 Å². The molecule has 0 amide bonds. The second kappa shape index (κ2) is 9.46. The van der Waals surface area contributed by atoms with Crippen LogP contribution in [0, 0.1) is 0 Å². The smallest absolute Gasteiger partial charge is 0.250 e. The highest BCUT2D eigenvalue weighted by Crippen LogP contribution is 2.22. The van der Waals surface area contributed by atoms with E-state index in [0.717, 1.165) is 30.8 Å². The molecule has 0 atom stereocenters. The Morgan fingerprint density at radius 1 is 1.21 bits per heavy atom. The molecular weight excluding hydrogens is 394 g/mol. The van der Waals surface area contributed by atoms with Gasteiger partial charge < -0.3 is 5.32 Å². The molecule has 0 bridgehead atoms. The number of hydrogen-bond acceptors (Lipinski definition) is 6. The molecule has 1 aliphatic rings. The molecule has 140 valence electrons. The van der Waals surface area contributed by atoms with Gasteiger partial charge in [0, 0.05) is 17.5 Å². The van der Waals surface area contributed by atoms with Crippen molar-refractivity contribution in [3.63, 3.8) is 0 Å². The van der Waals surface area contributed by atoms with Crippen LogP contribution in [0.1, 0.15) is 24.6 Å². The molecule has 1 fully saturated rings. The lowest BCUT2D eigenvalue weighted by Gasteiger charge is -2.23. The Balaban J connectivity index is 0.00000288. The molecule has 1 aliphatic heterocycles. The Kier molecular flexibility index (Phi) is 8.60. The number of hydrogen-bond donors (Lipinski definition) is 3. The average Bonchev–Trinajstić information content (AvgIpc) is 2.97. The number of rotatable bonds is 8. The third-order valence-electron chi connectivity index (χ3n) is 3.64. The van der Waals surface area contributed by atoms with E-state index in [4.69, 9.17) is 0 Å². The highest BCUT2D eigenvalue weighted by atomic mass is 35.5. The SMILES string of the molecule is CCS(=O)(=O)NCCc1ccc(S(=O)(=O)NC2CCNCC2)s1.Cl. The van der Waals surface area contributed by atoms with Crippen molar-refractivity contribution in [2.75, 3.05) is 25.4 Å². The van der Waals surface area contributed by atoms with E-state index in [1.54, 1.807) is 19.1 Å². The summed E-state index contributed by atoms with van der Waals surface area (Å²) in [5, 5.41) is 3.20. The maximum absolute atomic E-state index is 12.4. The third-order valence-corrected chi connectivity index (χ3v) is 8.20. The van der Waals surface area contributed by atoms with Crippen molar-refractivity contribution in [1.29, 1.82) is 0 Å². The Bertz CT molecular complexity index is 713. The largest absolute Gasteiger partial charge is 0.317 e. The van der Waals surface area contributed by atoms with Crippen molar-refractivity contribution in [2.24, 2.45) is 0 Å². The fourth-order valence-electron chi connectivity index (χ4n) is 2.29. The second-order valence-electron chi connectivity index (χ2n) is 5.41. The van der Waals surface area contributed by atoms with Crippen LogP contribution in [0.5, 0.6) is 0 Å². The van der Waals surface area contributed by atoms with Crippen LogP contribution in [0.3, 0.4) is 0 Å². The molecule has 0 radical (unpaired) electrons. The van der Waals surface area contributed by atoms with Gasteiger partial charge in [0.15, 0.2) is 0 Å². The summed E-state index contributed by atoms with van der Waals surface area (Å²) in [5.74, 6) is 0.0389. The van der Waals surface area contributed by atoms with Crippen LogP contribution in [0.2, 0.25) is 0 Å². The molecule has 1 aromatic heterocycles. The highest BCUT2D eigenvalue weighted by molar-refractivity contribution is 7.91. The van der Waals surface area contributed by atoms with Crippen molar-refractivity contribution < 1.29 is 16.8 Å². The lowest BCUT2D eigenvalue weighted by atomic mass is 10.1. The van der Waals surface area contributed by atoms with E-state index in [2.05, 4.69) is 14.8 Å². The molecule has 1 saturated heterocycles. The fourth-order valence-corrected chi connectivity index (χ4v) is 5.58. The van der Waals surface area contributed by atoms with Gasteiger partial charge in [-0.25, -0.2) is 26.3 Å². The van der Waals surface area contributed by atoms with Gasteiger partial charge in [-0.2, -0.15) is 0 Å². The topological polar surface area (TPSA) is 104 Å². The molecule has 7 nitrogen and oxygen atoms in total. The minimum atomic E-state index is -3.50. The number of sulfonamides is 2. The van der Waals surface area contributed by atoms with Gasteiger partial charge in [-0.05, 0) is 51.4 Å². The van der Waals surface area contributed by atoms with Gasteiger partial charge in [0.25, 0.3) is 0 Å². The minimum absolute atomic E-state index is 0. The quantitative estimate of drug-likeness (QED) is 0.577. The van der Waals surface area contributed by atoms with Crippen LogP contribution in [0.4, 0.5) is 0 Å². The Hall–Kier alpha value is -0.230. The molecule has 0 unspecified atom stereocenters. The predicted octanol–water partition coefficient (Wildman–Crippen LogP) is 0.682. The van der Waals surface area contributed by atoms with Gasteiger partial charge in [-0.3, -0.25) is 0 Å². The van der Waals surface area contributed by atoms with Crippen LogP contribution in [0.15, 0.2) is 16.3 Å². The summed E-state index contributed by atoms with van der Waals surface area (Å²) in [7, 11) is -6.71. The zero-order valence-corrected chi connectivity index (χ0v) is 16.7. The van der Waals surface area contributed by atoms with Crippen molar-refractivity contribution >= 4 is 43.8 Å². The molecule has 0 spiro atoms. The van der Waals surface area contributed by atoms with Crippen LogP contribution < -0.4 is 14.8 Å². The average molecular weight is 418 g/mol. The second-order valence-corrected chi connectivity index (χ2v) is 10.6. The first-order chi connectivity index (χ1) is 10.8. The Labute approximate surface area is 154 Å². The first-order valence-corrected chi connectivity index (χ1v) is 11.6. The van der Waals surface area contributed by atoms with E-state index in [9.17, 15) is 16.8 Å². The molecular formula is C13H24ClN3O4S3. The monoisotopic (exact) mass is 417 g/mol. The fraction of sp³-hybridized carbons (Fsp3) is 0.692. The van der Waals surface area contributed by atoms with Gasteiger partial charge in [0.2, 0.25) is 20.0 Å². The van der Waals surface area contributed by atoms with Crippen molar-refractivity contribution in [3.05, 3.63) is 17.0 Å². The maximum Gasteiger partial charge on any atom is 0.250 e.